The molecule has 2 aromatic rings. The lowest BCUT2D eigenvalue weighted by atomic mass is 10.2. The van der Waals surface area contributed by atoms with Crippen molar-refractivity contribution in [3.05, 3.63) is 23.8 Å². The largest absolute Gasteiger partial charge is 0.332 e. The molecule has 0 radical (unpaired) electrons. The van der Waals surface area contributed by atoms with Gasteiger partial charge < -0.3 is 4.84 Å². The van der Waals surface area contributed by atoms with Gasteiger partial charge in [0.1, 0.15) is 11.0 Å². The zero-order valence-corrected chi connectivity index (χ0v) is 7.89. The fourth-order valence-corrected chi connectivity index (χ4v) is 1.20. The molecule has 5 nitrogen and oxygen atoms in total. The molecule has 0 saturated carbocycles. The van der Waals surface area contributed by atoms with Crippen molar-refractivity contribution in [2.24, 2.45) is 0 Å². The van der Waals surface area contributed by atoms with Crippen molar-refractivity contribution >= 4 is 17.0 Å². The number of hydrogen-bond donors (Lipinski definition) is 0. The van der Waals surface area contributed by atoms with E-state index in [1.165, 1.54) is 6.92 Å². The fraction of sp³-hybridized carbons (Fsp3) is 0.222. The molecule has 0 bridgehead atoms. The molecule has 0 atom stereocenters. The molecule has 1 heterocycles. The van der Waals surface area contributed by atoms with E-state index in [-0.39, 0.29) is 0 Å². The molecule has 0 aliphatic rings. The second-order valence-corrected chi connectivity index (χ2v) is 3.04. The summed E-state index contributed by atoms with van der Waals surface area (Å²) in [5.41, 5.74) is 2.49. The van der Waals surface area contributed by atoms with Gasteiger partial charge in [0.2, 0.25) is 0 Å². The minimum Gasteiger partial charge on any atom is -0.318 e. The summed E-state index contributed by atoms with van der Waals surface area (Å²) >= 11 is 0. The summed E-state index contributed by atoms with van der Waals surface area (Å²) in [6.07, 6.45) is 0. The highest BCUT2D eigenvalue weighted by Crippen LogP contribution is 2.11. The molecule has 0 saturated heterocycles. The highest BCUT2D eigenvalue weighted by Gasteiger charge is 2.06. The Bertz CT molecular complexity index is 490. The summed E-state index contributed by atoms with van der Waals surface area (Å²) < 4.78 is 0. The lowest BCUT2D eigenvalue weighted by molar-refractivity contribution is -0.142. The maximum Gasteiger partial charge on any atom is 0.332 e. The van der Waals surface area contributed by atoms with Gasteiger partial charge in [0.15, 0.2) is 0 Å². The molecule has 5 heteroatoms. The van der Waals surface area contributed by atoms with Crippen LogP contribution in [0.5, 0.6) is 0 Å². The first kappa shape index (κ1) is 8.68. The van der Waals surface area contributed by atoms with E-state index in [4.69, 9.17) is 4.84 Å². The third-order valence-corrected chi connectivity index (χ3v) is 1.79. The van der Waals surface area contributed by atoms with Gasteiger partial charge in [0.05, 0.1) is 0 Å². The van der Waals surface area contributed by atoms with Crippen LogP contribution in [0, 0.1) is 6.92 Å². The summed E-state index contributed by atoms with van der Waals surface area (Å²) in [7, 11) is 0. The van der Waals surface area contributed by atoms with Crippen LogP contribution in [-0.2, 0) is 4.79 Å². The summed E-state index contributed by atoms with van der Waals surface area (Å²) in [5.74, 6) is -0.419. The number of nitrogens with zero attached hydrogens (tertiary/aromatic N) is 3. The molecule has 14 heavy (non-hydrogen) atoms. The summed E-state index contributed by atoms with van der Waals surface area (Å²) in [5, 5.41) is 7.57. The monoisotopic (exact) mass is 191 g/mol. The predicted octanol–water partition coefficient (Wildman–Crippen LogP) is 0.715. The predicted molar refractivity (Wildman–Crippen MR) is 49.5 cm³/mol. The van der Waals surface area contributed by atoms with Gasteiger partial charge in [-0.1, -0.05) is 10.9 Å². The number of hydrogen-bond acceptors (Lipinski definition) is 4. The van der Waals surface area contributed by atoms with Gasteiger partial charge in [0, 0.05) is 6.92 Å². The van der Waals surface area contributed by atoms with Crippen molar-refractivity contribution in [3.63, 3.8) is 0 Å². The van der Waals surface area contributed by atoms with Crippen molar-refractivity contribution in [2.45, 2.75) is 13.8 Å². The van der Waals surface area contributed by atoms with E-state index in [0.29, 0.717) is 11.0 Å². The Kier molecular flexibility index (Phi) is 1.92. The average Bonchev–Trinajstić information content (AvgIpc) is 2.47. The Morgan fingerprint density at radius 3 is 3.00 bits per heavy atom. The van der Waals surface area contributed by atoms with Crippen molar-refractivity contribution in [2.75, 3.05) is 0 Å². The fourth-order valence-electron chi connectivity index (χ4n) is 1.20. The number of carbonyl (C=O) groups is 1. The van der Waals surface area contributed by atoms with E-state index >= 15 is 0 Å². The number of rotatable bonds is 1. The van der Waals surface area contributed by atoms with E-state index in [1.54, 1.807) is 0 Å². The first-order valence-electron chi connectivity index (χ1n) is 4.18. The maximum absolute atomic E-state index is 10.7. The minimum absolute atomic E-state index is 0.419. The summed E-state index contributed by atoms with van der Waals surface area (Å²) in [6.45, 7) is 3.28. The van der Waals surface area contributed by atoms with Crippen LogP contribution in [0.4, 0.5) is 0 Å². The standard InChI is InChI=1S/C9H9N3O2/c1-6-3-4-9-8(5-6)10-11-12(9)14-7(2)13/h3-5H,1-2H3. The first-order valence-corrected chi connectivity index (χ1v) is 4.18. The molecule has 2 rings (SSSR count). The molecular formula is C9H9N3O2. The van der Waals surface area contributed by atoms with E-state index < -0.39 is 5.97 Å². The summed E-state index contributed by atoms with van der Waals surface area (Å²) in [6, 6.07) is 5.60. The highest BCUT2D eigenvalue weighted by atomic mass is 16.7. The van der Waals surface area contributed by atoms with Crippen molar-refractivity contribution in [3.8, 4) is 0 Å². The van der Waals surface area contributed by atoms with E-state index in [2.05, 4.69) is 10.3 Å². The van der Waals surface area contributed by atoms with Crippen molar-refractivity contribution in [1.29, 1.82) is 0 Å². The van der Waals surface area contributed by atoms with Crippen molar-refractivity contribution < 1.29 is 9.63 Å². The SMILES string of the molecule is CC(=O)On1nnc2cc(C)ccc21. The Morgan fingerprint density at radius 2 is 2.29 bits per heavy atom. The van der Waals surface area contributed by atoms with Gasteiger partial charge >= 0.3 is 5.97 Å². The van der Waals surface area contributed by atoms with Gasteiger partial charge in [-0.2, -0.15) is 0 Å². The molecule has 0 fully saturated rings. The Labute approximate surface area is 80.2 Å². The van der Waals surface area contributed by atoms with Crippen LogP contribution in [0.2, 0.25) is 0 Å². The number of fused-ring (bicyclic) bond motifs is 1. The van der Waals surface area contributed by atoms with Crippen LogP contribution in [0.1, 0.15) is 12.5 Å². The third kappa shape index (κ3) is 1.44. The van der Waals surface area contributed by atoms with Gasteiger partial charge in [0.25, 0.3) is 0 Å². The zero-order chi connectivity index (χ0) is 10.1. The smallest absolute Gasteiger partial charge is 0.318 e. The number of carbonyl (C=O) groups excluding carboxylic acids is 1. The van der Waals surface area contributed by atoms with Crippen LogP contribution >= 0.6 is 0 Å². The van der Waals surface area contributed by atoms with Gasteiger partial charge in [-0.15, -0.1) is 5.10 Å². The molecule has 0 unspecified atom stereocenters. The topological polar surface area (TPSA) is 57.0 Å². The molecule has 0 aliphatic heterocycles. The lowest BCUT2D eigenvalue weighted by Crippen LogP contribution is -2.17. The number of aryl methyl sites for hydroxylation is 1. The van der Waals surface area contributed by atoms with Gasteiger partial charge in [-0.25, -0.2) is 4.79 Å². The molecule has 1 aromatic heterocycles. The molecule has 0 aliphatic carbocycles. The quantitative estimate of drug-likeness (QED) is 0.623. The van der Waals surface area contributed by atoms with Crippen LogP contribution in [0.15, 0.2) is 18.2 Å². The second kappa shape index (κ2) is 3.10. The second-order valence-electron chi connectivity index (χ2n) is 3.04. The zero-order valence-electron chi connectivity index (χ0n) is 7.89. The maximum atomic E-state index is 10.7. The van der Waals surface area contributed by atoms with Crippen LogP contribution in [-0.4, -0.2) is 21.1 Å². The Morgan fingerprint density at radius 1 is 1.50 bits per heavy atom. The van der Waals surface area contributed by atoms with Gasteiger partial charge in [-0.05, 0) is 29.8 Å². The highest BCUT2D eigenvalue weighted by molar-refractivity contribution is 5.75. The summed E-state index contributed by atoms with van der Waals surface area (Å²) in [4.78, 5) is 16.6. The average molecular weight is 191 g/mol. The van der Waals surface area contributed by atoms with Crippen molar-refractivity contribution in [1.82, 2.24) is 15.2 Å². The van der Waals surface area contributed by atoms with E-state index in [9.17, 15) is 4.79 Å². The van der Waals surface area contributed by atoms with Crippen LogP contribution in [0.25, 0.3) is 11.0 Å². The molecule has 72 valence electrons. The number of benzene rings is 1. The Hall–Kier alpha value is -1.91. The molecule has 1 aromatic carbocycles. The molecule has 0 amide bonds. The Balaban J connectivity index is 2.52. The molecular weight excluding hydrogens is 182 g/mol. The van der Waals surface area contributed by atoms with Gasteiger partial charge in [-0.3, -0.25) is 0 Å². The minimum atomic E-state index is -0.419. The van der Waals surface area contributed by atoms with E-state index in [0.717, 1.165) is 10.4 Å². The van der Waals surface area contributed by atoms with E-state index in [1.807, 2.05) is 25.1 Å². The number of aromatic nitrogens is 3. The first-order chi connectivity index (χ1) is 6.66. The molecule has 0 N–H and O–H groups in total. The molecule has 0 spiro atoms. The lowest BCUT2D eigenvalue weighted by Gasteiger charge is -1.98. The normalized spacial score (nSPS) is 10.4. The third-order valence-electron chi connectivity index (χ3n) is 1.79. The van der Waals surface area contributed by atoms with Crippen LogP contribution in [0.3, 0.4) is 0 Å². The van der Waals surface area contributed by atoms with Crippen LogP contribution < -0.4 is 4.84 Å².